The van der Waals surface area contributed by atoms with Crippen molar-refractivity contribution in [2.75, 3.05) is 12.9 Å². The predicted octanol–water partition coefficient (Wildman–Crippen LogP) is 3.84. The minimum absolute atomic E-state index is 0.119. The molecule has 2 rings (SSSR count). The number of hydrazone groups is 1. The summed E-state index contributed by atoms with van der Waals surface area (Å²) in [5, 5.41) is 3.95. The Kier molecular flexibility index (Phi) is 7.16. The standard InChI is InChI=1S/C17H17BrN2O2S/c1-22-15-8-6-13(7-9-15)10-19-20-17(21)12-23-11-14-4-2-3-5-16(14)18/h2-10H,11-12H2,1H3,(H,20,21)/b19-10+. The monoisotopic (exact) mass is 392 g/mol. The van der Waals surface area contributed by atoms with Crippen molar-refractivity contribution in [1.29, 1.82) is 0 Å². The fourth-order valence-electron chi connectivity index (χ4n) is 1.77. The number of rotatable bonds is 7. The van der Waals surface area contributed by atoms with Gasteiger partial charge in [-0.25, -0.2) is 5.43 Å². The molecule has 0 bridgehead atoms. The molecule has 1 N–H and O–H groups in total. The van der Waals surface area contributed by atoms with Gasteiger partial charge < -0.3 is 4.74 Å². The van der Waals surface area contributed by atoms with Gasteiger partial charge in [-0.2, -0.15) is 5.10 Å². The number of ether oxygens (including phenoxy) is 1. The smallest absolute Gasteiger partial charge is 0.250 e. The number of methoxy groups -OCH3 is 1. The summed E-state index contributed by atoms with van der Waals surface area (Å²) in [6.07, 6.45) is 1.61. The molecule has 0 aliphatic carbocycles. The zero-order valence-corrected chi connectivity index (χ0v) is 15.1. The molecule has 6 heteroatoms. The van der Waals surface area contributed by atoms with Gasteiger partial charge in [0.25, 0.3) is 0 Å². The lowest BCUT2D eigenvalue weighted by atomic mass is 10.2. The zero-order chi connectivity index (χ0) is 16.5. The third kappa shape index (κ3) is 6.08. The molecule has 0 aromatic heterocycles. The van der Waals surface area contributed by atoms with Crippen LogP contribution in [0.2, 0.25) is 0 Å². The van der Waals surface area contributed by atoms with E-state index in [1.165, 1.54) is 5.56 Å². The Morgan fingerprint density at radius 3 is 2.70 bits per heavy atom. The van der Waals surface area contributed by atoms with Crippen LogP contribution in [0.4, 0.5) is 0 Å². The van der Waals surface area contributed by atoms with E-state index >= 15 is 0 Å². The quantitative estimate of drug-likeness (QED) is 0.575. The second kappa shape index (κ2) is 9.37. The maximum Gasteiger partial charge on any atom is 0.250 e. The summed E-state index contributed by atoms with van der Waals surface area (Å²) >= 11 is 5.04. The van der Waals surface area contributed by atoms with Crippen molar-refractivity contribution in [3.8, 4) is 5.75 Å². The summed E-state index contributed by atoms with van der Waals surface area (Å²) in [5.41, 5.74) is 4.60. The molecule has 23 heavy (non-hydrogen) atoms. The largest absolute Gasteiger partial charge is 0.497 e. The van der Waals surface area contributed by atoms with Gasteiger partial charge in [-0.3, -0.25) is 4.79 Å². The van der Waals surface area contributed by atoms with E-state index in [1.807, 2.05) is 48.5 Å². The van der Waals surface area contributed by atoms with Crippen molar-refractivity contribution in [1.82, 2.24) is 5.43 Å². The highest BCUT2D eigenvalue weighted by Gasteiger charge is 2.02. The van der Waals surface area contributed by atoms with Gasteiger partial charge in [0.05, 0.1) is 19.1 Å². The minimum Gasteiger partial charge on any atom is -0.497 e. The van der Waals surface area contributed by atoms with E-state index in [2.05, 4.69) is 26.5 Å². The maximum atomic E-state index is 11.7. The highest BCUT2D eigenvalue weighted by atomic mass is 79.9. The van der Waals surface area contributed by atoms with Crippen molar-refractivity contribution in [3.63, 3.8) is 0 Å². The van der Waals surface area contributed by atoms with Crippen molar-refractivity contribution in [2.24, 2.45) is 5.10 Å². The van der Waals surface area contributed by atoms with Gasteiger partial charge in [0.2, 0.25) is 5.91 Å². The number of nitrogens with one attached hydrogen (secondary N) is 1. The summed E-state index contributed by atoms with van der Waals surface area (Å²) in [4.78, 5) is 11.7. The number of thioether (sulfide) groups is 1. The molecule has 120 valence electrons. The topological polar surface area (TPSA) is 50.7 Å². The van der Waals surface area contributed by atoms with Gasteiger partial charge in [0.1, 0.15) is 5.75 Å². The van der Waals surface area contributed by atoms with Gasteiger partial charge in [-0.1, -0.05) is 34.1 Å². The average molecular weight is 393 g/mol. The third-order valence-corrected chi connectivity index (χ3v) is 4.72. The SMILES string of the molecule is COc1ccc(/C=N/NC(=O)CSCc2ccccc2Br)cc1. The number of hydrogen-bond donors (Lipinski definition) is 1. The Morgan fingerprint density at radius 1 is 1.26 bits per heavy atom. The second-order valence-corrected chi connectivity index (χ2v) is 6.49. The van der Waals surface area contributed by atoms with Gasteiger partial charge in [0.15, 0.2) is 0 Å². The Bertz CT molecular complexity index is 675. The molecule has 0 saturated carbocycles. The Balaban J connectivity index is 1.72. The molecule has 0 spiro atoms. The molecule has 0 heterocycles. The van der Waals surface area contributed by atoms with E-state index in [4.69, 9.17) is 4.74 Å². The molecule has 2 aromatic carbocycles. The number of carbonyl (C=O) groups is 1. The fraction of sp³-hybridized carbons (Fsp3) is 0.176. The Hall–Kier alpha value is -1.79. The lowest BCUT2D eigenvalue weighted by Crippen LogP contribution is -2.19. The van der Waals surface area contributed by atoms with Crippen LogP contribution in [0, 0.1) is 0 Å². The van der Waals surface area contributed by atoms with Crippen molar-refractivity contribution >= 4 is 39.8 Å². The van der Waals surface area contributed by atoms with Crippen LogP contribution in [0.25, 0.3) is 0 Å². The third-order valence-electron chi connectivity index (χ3n) is 2.97. The molecular weight excluding hydrogens is 376 g/mol. The second-order valence-electron chi connectivity index (χ2n) is 4.65. The van der Waals surface area contributed by atoms with Crippen molar-refractivity contribution < 1.29 is 9.53 Å². The van der Waals surface area contributed by atoms with Gasteiger partial charge in [0, 0.05) is 10.2 Å². The summed E-state index contributed by atoms with van der Waals surface area (Å²) in [5.74, 6) is 1.81. The highest BCUT2D eigenvalue weighted by Crippen LogP contribution is 2.21. The van der Waals surface area contributed by atoms with Gasteiger partial charge >= 0.3 is 0 Å². The number of halogens is 1. The van der Waals surface area contributed by atoms with Crippen LogP contribution in [-0.2, 0) is 10.5 Å². The van der Waals surface area contributed by atoms with Crippen LogP contribution in [0.1, 0.15) is 11.1 Å². The molecule has 0 atom stereocenters. The van der Waals surface area contributed by atoms with Crippen molar-refractivity contribution in [3.05, 3.63) is 64.1 Å². The summed E-state index contributed by atoms with van der Waals surface area (Å²) in [6, 6.07) is 15.4. The van der Waals surface area contributed by atoms with E-state index in [0.717, 1.165) is 21.5 Å². The molecule has 0 fully saturated rings. The first-order valence-corrected chi connectivity index (χ1v) is 8.91. The van der Waals surface area contributed by atoms with Crippen molar-refractivity contribution in [2.45, 2.75) is 5.75 Å². The average Bonchev–Trinajstić information content (AvgIpc) is 2.57. The minimum atomic E-state index is -0.119. The highest BCUT2D eigenvalue weighted by molar-refractivity contribution is 9.10. The van der Waals surface area contributed by atoms with E-state index in [0.29, 0.717) is 5.75 Å². The van der Waals surface area contributed by atoms with E-state index in [-0.39, 0.29) is 5.91 Å². The van der Waals surface area contributed by atoms with E-state index < -0.39 is 0 Å². The number of carbonyl (C=O) groups excluding carboxylic acids is 1. The summed E-state index contributed by atoms with van der Waals surface area (Å²) in [6.45, 7) is 0. The van der Waals surface area contributed by atoms with Crippen LogP contribution in [0.3, 0.4) is 0 Å². The van der Waals surface area contributed by atoms with Gasteiger partial charge in [-0.15, -0.1) is 11.8 Å². The molecule has 0 unspecified atom stereocenters. The molecule has 0 saturated heterocycles. The number of benzene rings is 2. The first-order valence-electron chi connectivity index (χ1n) is 6.96. The van der Waals surface area contributed by atoms with Crippen LogP contribution in [0.15, 0.2) is 58.1 Å². The molecule has 2 aromatic rings. The summed E-state index contributed by atoms with van der Waals surface area (Å²) in [7, 11) is 1.62. The Labute approximate surface area is 148 Å². The maximum absolute atomic E-state index is 11.7. The molecule has 0 aliphatic rings. The lowest BCUT2D eigenvalue weighted by molar-refractivity contribution is -0.118. The number of amides is 1. The normalized spacial score (nSPS) is 10.7. The molecular formula is C17H17BrN2O2S. The lowest BCUT2D eigenvalue weighted by Gasteiger charge is -2.03. The van der Waals surface area contributed by atoms with Gasteiger partial charge in [-0.05, 0) is 41.5 Å². The summed E-state index contributed by atoms with van der Waals surface area (Å²) < 4.78 is 6.14. The van der Waals surface area contributed by atoms with Crippen LogP contribution in [0.5, 0.6) is 5.75 Å². The number of nitrogens with zero attached hydrogens (tertiary/aromatic N) is 1. The predicted molar refractivity (Wildman–Crippen MR) is 99.0 cm³/mol. The molecule has 0 aliphatic heterocycles. The number of hydrogen-bond acceptors (Lipinski definition) is 4. The Morgan fingerprint density at radius 2 is 2.00 bits per heavy atom. The van der Waals surface area contributed by atoms with E-state index in [1.54, 1.807) is 25.1 Å². The molecule has 4 nitrogen and oxygen atoms in total. The first-order chi connectivity index (χ1) is 11.2. The zero-order valence-electron chi connectivity index (χ0n) is 12.7. The molecule has 0 radical (unpaired) electrons. The van der Waals surface area contributed by atoms with Crippen LogP contribution >= 0.6 is 27.7 Å². The van der Waals surface area contributed by atoms with Crippen LogP contribution in [-0.4, -0.2) is 25.0 Å². The fourth-order valence-corrected chi connectivity index (χ4v) is 3.20. The van der Waals surface area contributed by atoms with E-state index in [9.17, 15) is 4.79 Å². The first kappa shape index (κ1) is 17.6. The molecule has 1 amide bonds. The van der Waals surface area contributed by atoms with Crippen LogP contribution < -0.4 is 10.2 Å².